The lowest BCUT2D eigenvalue weighted by molar-refractivity contribution is -0.137. The number of aromatic nitrogens is 6. The van der Waals surface area contributed by atoms with E-state index in [9.17, 15) is 22.8 Å². The molecule has 0 aliphatic heterocycles. The quantitative estimate of drug-likeness (QED) is 0.402. The number of halogens is 3. The first-order chi connectivity index (χ1) is 14.3. The number of nitrogens with zero attached hydrogens (tertiary/aromatic N) is 6. The van der Waals surface area contributed by atoms with Gasteiger partial charge in [0.2, 0.25) is 5.01 Å². The molecule has 3 aromatic rings. The van der Waals surface area contributed by atoms with Crippen LogP contribution in [0.1, 0.15) is 49.4 Å². The van der Waals surface area contributed by atoms with Crippen LogP contribution in [-0.2, 0) is 25.7 Å². The molecular weight excluding hydrogens is 423 g/mol. The molecule has 0 radical (unpaired) electrons. The van der Waals surface area contributed by atoms with Crippen LogP contribution in [0.3, 0.4) is 0 Å². The van der Waals surface area contributed by atoms with Crippen molar-refractivity contribution in [3.63, 3.8) is 0 Å². The number of nitrogens with one attached hydrogen (secondary N) is 1. The van der Waals surface area contributed by atoms with E-state index in [1.54, 1.807) is 10.9 Å². The molecule has 30 heavy (non-hydrogen) atoms. The molecule has 0 aliphatic rings. The molecule has 9 nitrogen and oxygen atoms in total. The zero-order chi connectivity index (χ0) is 21.6. The molecule has 1 amide bonds. The number of hydrogen-bond donors (Lipinski definition) is 1. The van der Waals surface area contributed by atoms with Crippen molar-refractivity contribution in [1.82, 2.24) is 35.5 Å². The van der Waals surface area contributed by atoms with Crippen molar-refractivity contribution in [3.8, 4) is 0 Å². The normalized spacial score (nSPS) is 11.4. The summed E-state index contributed by atoms with van der Waals surface area (Å²) in [5.41, 5.74) is -0.461. The molecular formula is C17H16F3N7O2S. The van der Waals surface area contributed by atoms with Gasteiger partial charge in [0, 0.05) is 19.2 Å². The van der Waals surface area contributed by atoms with Crippen LogP contribution < -0.4 is 5.32 Å². The summed E-state index contributed by atoms with van der Waals surface area (Å²) in [5, 5.41) is 18.6. The summed E-state index contributed by atoms with van der Waals surface area (Å²) in [6.07, 6.45) is 0.896. The van der Waals surface area contributed by atoms with Crippen LogP contribution in [0.2, 0.25) is 0 Å². The maximum absolute atomic E-state index is 12.7. The van der Waals surface area contributed by atoms with E-state index in [4.69, 9.17) is 0 Å². The summed E-state index contributed by atoms with van der Waals surface area (Å²) in [6.45, 7) is 0.440. The van der Waals surface area contributed by atoms with Gasteiger partial charge in [-0.3, -0.25) is 19.3 Å². The Bertz CT molecular complexity index is 1020. The molecule has 158 valence electrons. The summed E-state index contributed by atoms with van der Waals surface area (Å²) < 4.78 is 39.7. The molecule has 3 aromatic heterocycles. The van der Waals surface area contributed by atoms with Gasteiger partial charge < -0.3 is 5.32 Å². The van der Waals surface area contributed by atoms with E-state index in [1.807, 2.05) is 0 Å². The highest BCUT2D eigenvalue weighted by Gasteiger charge is 2.30. The SMILES string of the molecule is O=Cc1cn(CCCCc2nnc(C(=O)NCc3cc(C(F)(F)F)ccn3)s2)nn1. The predicted octanol–water partition coefficient (Wildman–Crippen LogP) is 2.31. The van der Waals surface area contributed by atoms with Gasteiger partial charge in [-0.15, -0.1) is 15.3 Å². The first-order valence-corrected chi connectivity index (χ1v) is 9.65. The maximum atomic E-state index is 12.7. The molecule has 0 saturated carbocycles. The van der Waals surface area contributed by atoms with Crippen molar-refractivity contribution in [2.24, 2.45) is 0 Å². The summed E-state index contributed by atoms with van der Waals surface area (Å²) in [5.74, 6) is -0.526. The second-order valence-electron chi connectivity index (χ2n) is 6.20. The van der Waals surface area contributed by atoms with Crippen LogP contribution in [0.15, 0.2) is 24.5 Å². The van der Waals surface area contributed by atoms with Crippen LogP contribution in [-0.4, -0.2) is 42.4 Å². The van der Waals surface area contributed by atoms with Crippen molar-refractivity contribution in [2.45, 2.75) is 38.5 Å². The number of alkyl halides is 3. The molecule has 0 aliphatic carbocycles. The molecule has 0 spiro atoms. The summed E-state index contributed by atoms with van der Waals surface area (Å²) in [7, 11) is 0. The van der Waals surface area contributed by atoms with Gasteiger partial charge in [0.15, 0.2) is 6.29 Å². The number of amides is 1. The Hall–Kier alpha value is -3.22. The van der Waals surface area contributed by atoms with E-state index >= 15 is 0 Å². The van der Waals surface area contributed by atoms with Crippen LogP contribution in [0.5, 0.6) is 0 Å². The highest BCUT2D eigenvalue weighted by Crippen LogP contribution is 2.28. The predicted molar refractivity (Wildman–Crippen MR) is 98.7 cm³/mol. The van der Waals surface area contributed by atoms with Crippen molar-refractivity contribution in [1.29, 1.82) is 0 Å². The second kappa shape index (κ2) is 9.52. The average Bonchev–Trinajstić information content (AvgIpc) is 3.38. The third kappa shape index (κ3) is 5.89. The van der Waals surface area contributed by atoms with Gasteiger partial charge in [-0.2, -0.15) is 13.2 Å². The maximum Gasteiger partial charge on any atom is 0.416 e. The van der Waals surface area contributed by atoms with Gasteiger partial charge in [0.25, 0.3) is 5.91 Å². The zero-order valence-electron chi connectivity index (χ0n) is 15.5. The third-order valence-corrected chi connectivity index (χ3v) is 4.92. The van der Waals surface area contributed by atoms with Crippen molar-refractivity contribution < 1.29 is 22.8 Å². The lowest BCUT2D eigenvalue weighted by Gasteiger charge is -2.08. The lowest BCUT2D eigenvalue weighted by Crippen LogP contribution is -2.23. The van der Waals surface area contributed by atoms with E-state index in [0.29, 0.717) is 24.3 Å². The Kier molecular flexibility index (Phi) is 6.82. The lowest BCUT2D eigenvalue weighted by atomic mass is 10.2. The Labute approximate surface area is 172 Å². The third-order valence-electron chi connectivity index (χ3n) is 3.94. The van der Waals surface area contributed by atoms with Gasteiger partial charge in [-0.1, -0.05) is 16.6 Å². The number of hydrogen-bond acceptors (Lipinski definition) is 8. The second-order valence-corrected chi connectivity index (χ2v) is 7.26. The number of carbonyl (C=O) groups excluding carboxylic acids is 2. The molecule has 0 saturated heterocycles. The van der Waals surface area contributed by atoms with Crippen LogP contribution in [0, 0.1) is 0 Å². The topological polar surface area (TPSA) is 116 Å². The summed E-state index contributed by atoms with van der Waals surface area (Å²) >= 11 is 1.12. The van der Waals surface area contributed by atoms with E-state index in [0.717, 1.165) is 42.5 Å². The number of pyridine rings is 1. The average molecular weight is 439 g/mol. The highest BCUT2D eigenvalue weighted by atomic mass is 32.1. The van der Waals surface area contributed by atoms with Gasteiger partial charge in [0.1, 0.15) is 10.7 Å². The molecule has 1 N–H and O–H groups in total. The number of carbonyl (C=O) groups is 2. The molecule has 3 rings (SSSR count). The fraction of sp³-hybridized carbons (Fsp3) is 0.353. The number of aldehydes is 1. The van der Waals surface area contributed by atoms with Gasteiger partial charge in [0.05, 0.1) is 24.0 Å². The summed E-state index contributed by atoms with van der Waals surface area (Å²) in [4.78, 5) is 26.5. The van der Waals surface area contributed by atoms with E-state index < -0.39 is 17.6 Å². The van der Waals surface area contributed by atoms with Gasteiger partial charge in [-0.25, -0.2) is 0 Å². The monoisotopic (exact) mass is 439 g/mol. The minimum atomic E-state index is -4.47. The van der Waals surface area contributed by atoms with E-state index in [2.05, 4.69) is 30.8 Å². The van der Waals surface area contributed by atoms with E-state index in [-0.39, 0.29) is 22.9 Å². The number of aryl methyl sites for hydroxylation is 2. The highest BCUT2D eigenvalue weighted by molar-refractivity contribution is 7.13. The largest absolute Gasteiger partial charge is 0.416 e. The Balaban J connectivity index is 1.45. The van der Waals surface area contributed by atoms with Crippen LogP contribution in [0.25, 0.3) is 0 Å². The van der Waals surface area contributed by atoms with Crippen LogP contribution >= 0.6 is 11.3 Å². The first kappa shape index (κ1) is 21.5. The Morgan fingerprint density at radius 1 is 1.23 bits per heavy atom. The summed E-state index contributed by atoms with van der Waals surface area (Å²) in [6, 6.07) is 1.76. The van der Waals surface area contributed by atoms with Crippen LogP contribution in [0.4, 0.5) is 13.2 Å². The molecule has 0 aromatic carbocycles. The number of unbranched alkanes of at least 4 members (excludes halogenated alkanes) is 1. The fourth-order valence-corrected chi connectivity index (χ4v) is 3.27. The van der Waals surface area contributed by atoms with Crippen molar-refractivity contribution in [3.05, 3.63) is 51.5 Å². The Morgan fingerprint density at radius 2 is 2.07 bits per heavy atom. The van der Waals surface area contributed by atoms with Crippen molar-refractivity contribution in [2.75, 3.05) is 0 Å². The smallest absolute Gasteiger partial charge is 0.344 e. The number of rotatable bonds is 9. The minimum Gasteiger partial charge on any atom is -0.344 e. The zero-order valence-corrected chi connectivity index (χ0v) is 16.3. The standard InChI is InChI=1S/C17H16F3N7O2S/c18-17(19,20)11-4-5-21-12(7-11)8-22-15(29)16-25-24-14(30-16)3-1-2-6-27-9-13(10-28)23-26-27/h4-5,7,9-10H,1-3,6,8H2,(H,22,29). The molecule has 3 heterocycles. The molecule has 0 bridgehead atoms. The van der Waals surface area contributed by atoms with Gasteiger partial charge in [-0.05, 0) is 25.0 Å². The minimum absolute atomic E-state index is 0.0914. The molecule has 13 heteroatoms. The van der Waals surface area contributed by atoms with Crippen molar-refractivity contribution >= 4 is 23.5 Å². The van der Waals surface area contributed by atoms with Gasteiger partial charge >= 0.3 is 6.18 Å². The first-order valence-electron chi connectivity index (χ1n) is 8.83. The fourth-order valence-electron chi connectivity index (χ4n) is 2.47. The van der Waals surface area contributed by atoms with E-state index in [1.165, 1.54) is 0 Å². The molecule has 0 unspecified atom stereocenters. The molecule has 0 fully saturated rings. The molecule has 0 atom stereocenters. The Morgan fingerprint density at radius 3 is 2.80 bits per heavy atom.